The number of carboxylic acid groups (broad SMARTS) is 1. The number of methoxy groups -OCH3 is 1. The van der Waals surface area contributed by atoms with Crippen molar-refractivity contribution in [3.8, 4) is 5.75 Å². The molecule has 7 heteroatoms. The van der Waals surface area contributed by atoms with Gasteiger partial charge < -0.3 is 19.7 Å². The van der Waals surface area contributed by atoms with Crippen LogP contribution >= 0.6 is 0 Å². The van der Waals surface area contributed by atoms with Gasteiger partial charge in [0.05, 0.1) is 18.0 Å². The smallest absolute Gasteiger partial charge is 0.341 e. The summed E-state index contributed by atoms with van der Waals surface area (Å²) >= 11 is 0. The monoisotopic (exact) mass is 400 g/mol. The molecule has 0 radical (unpaired) electrons. The molecule has 6 nitrogen and oxygen atoms in total. The van der Waals surface area contributed by atoms with E-state index in [0.29, 0.717) is 28.8 Å². The highest BCUT2D eigenvalue weighted by Gasteiger charge is 2.39. The van der Waals surface area contributed by atoms with Gasteiger partial charge in [-0.05, 0) is 63.0 Å². The van der Waals surface area contributed by atoms with Gasteiger partial charge >= 0.3 is 5.97 Å². The number of fused-ring (bicyclic) bond motifs is 2. The van der Waals surface area contributed by atoms with Gasteiger partial charge in [-0.15, -0.1) is 0 Å². The lowest BCUT2D eigenvalue weighted by molar-refractivity contribution is 0.0695. The van der Waals surface area contributed by atoms with E-state index in [1.807, 2.05) is 4.57 Å². The maximum absolute atomic E-state index is 15.4. The summed E-state index contributed by atoms with van der Waals surface area (Å²) < 4.78 is 22.9. The highest BCUT2D eigenvalue weighted by molar-refractivity contribution is 5.95. The molecule has 1 aromatic heterocycles. The summed E-state index contributed by atoms with van der Waals surface area (Å²) in [6, 6.07) is 1.75. The van der Waals surface area contributed by atoms with Crippen molar-refractivity contribution in [2.75, 3.05) is 13.7 Å². The summed E-state index contributed by atoms with van der Waals surface area (Å²) in [5, 5.41) is 13.1. The highest BCUT2D eigenvalue weighted by Crippen LogP contribution is 2.48. The van der Waals surface area contributed by atoms with Crippen LogP contribution in [0.25, 0.3) is 10.9 Å². The summed E-state index contributed by atoms with van der Waals surface area (Å²) in [6.07, 6.45) is 7.27. The van der Waals surface area contributed by atoms with E-state index < -0.39 is 17.2 Å². The lowest BCUT2D eigenvalue weighted by Gasteiger charge is -2.25. The van der Waals surface area contributed by atoms with Gasteiger partial charge in [0, 0.05) is 23.8 Å². The number of nitrogens with one attached hydrogen (secondary N) is 1. The Balaban J connectivity index is 1.73. The molecule has 2 N–H and O–H groups in total. The zero-order valence-electron chi connectivity index (χ0n) is 16.4. The highest BCUT2D eigenvalue weighted by atomic mass is 19.1. The number of carboxylic acids is 1. The van der Waals surface area contributed by atoms with Crippen LogP contribution in [-0.2, 0) is 0 Å². The molecule has 1 aromatic carbocycles. The third-order valence-corrected chi connectivity index (χ3v) is 6.89. The van der Waals surface area contributed by atoms with Gasteiger partial charge in [-0.3, -0.25) is 4.79 Å². The normalized spacial score (nSPS) is 26.5. The van der Waals surface area contributed by atoms with E-state index >= 15 is 4.39 Å². The fourth-order valence-electron chi connectivity index (χ4n) is 5.43. The zero-order chi connectivity index (χ0) is 20.3. The van der Waals surface area contributed by atoms with Gasteiger partial charge in [0.2, 0.25) is 5.43 Å². The summed E-state index contributed by atoms with van der Waals surface area (Å²) in [5.74, 6) is -0.810. The molecule has 3 aliphatic rings. The Bertz CT molecular complexity index is 1050. The molecule has 2 aliphatic carbocycles. The Morgan fingerprint density at radius 3 is 2.76 bits per heavy atom. The largest absolute Gasteiger partial charge is 0.494 e. The van der Waals surface area contributed by atoms with Crippen LogP contribution in [0.4, 0.5) is 4.39 Å². The van der Waals surface area contributed by atoms with E-state index in [4.69, 9.17) is 4.74 Å². The molecule has 0 bridgehead atoms. The molecule has 0 spiro atoms. The van der Waals surface area contributed by atoms with Gasteiger partial charge in [-0.2, -0.15) is 0 Å². The summed E-state index contributed by atoms with van der Waals surface area (Å²) in [4.78, 5) is 24.4. The Morgan fingerprint density at radius 1 is 1.31 bits per heavy atom. The van der Waals surface area contributed by atoms with Crippen LogP contribution in [0.3, 0.4) is 0 Å². The average molecular weight is 400 g/mol. The van der Waals surface area contributed by atoms with Gasteiger partial charge in [0.15, 0.2) is 0 Å². The van der Waals surface area contributed by atoms with Crippen molar-refractivity contribution in [1.29, 1.82) is 0 Å². The predicted octanol–water partition coefficient (Wildman–Crippen LogP) is 3.43. The Labute approximate surface area is 167 Å². The van der Waals surface area contributed by atoms with E-state index in [2.05, 4.69) is 5.32 Å². The number of hydrogen-bond donors (Lipinski definition) is 2. The number of rotatable bonds is 4. The lowest BCUT2D eigenvalue weighted by Crippen LogP contribution is -2.37. The molecule has 3 atom stereocenters. The maximum atomic E-state index is 15.4. The Morgan fingerprint density at radius 2 is 2.10 bits per heavy atom. The van der Waals surface area contributed by atoms with Gasteiger partial charge in [0.25, 0.3) is 0 Å². The summed E-state index contributed by atoms with van der Waals surface area (Å²) in [6.45, 7) is 1.00. The Hall–Kier alpha value is -2.41. The SMILES string of the molecule is COc1c(C2C[C@@H]3CCCN[C@@H]3C2)c(F)cc2c(=O)c(C(=O)O)cn(C3CC3)c12. The fourth-order valence-corrected chi connectivity index (χ4v) is 5.43. The first-order chi connectivity index (χ1) is 14.0. The fraction of sp³-hybridized carbons (Fsp3) is 0.545. The van der Waals surface area contributed by atoms with Crippen LogP contribution in [0.15, 0.2) is 17.1 Å². The summed E-state index contributed by atoms with van der Waals surface area (Å²) in [5.41, 5.74) is 0.0851. The first-order valence-electron chi connectivity index (χ1n) is 10.4. The number of piperidine rings is 1. The molecule has 5 rings (SSSR count). The molecular weight excluding hydrogens is 375 g/mol. The number of aromatic carboxylic acids is 1. The molecule has 1 saturated heterocycles. The third kappa shape index (κ3) is 2.94. The van der Waals surface area contributed by atoms with Crippen molar-refractivity contribution in [2.24, 2.45) is 5.92 Å². The Kier molecular flexibility index (Phi) is 4.38. The number of halogens is 1. The minimum atomic E-state index is -1.29. The quantitative estimate of drug-likeness (QED) is 0.822. The lowest BCUT2D eigenvalue weighted by atomic mass is 9.91. The minimum Gasteiger partial charge on any atom is -0.494 e. The molecular formula is C22H25FN2O4. The van der Waals surface area contributed by atoms with Crippen LogP contribution in [-0.4, -0.2) is 35.3 Å². The van der Waals surface area contributed by atoms with Crippen molar-refractivity contribution in [3.05, 3.63) is 39.4 Å². The van der Waals surface area contributed by atoms with E-state index in [1.54, 1.807) is 0 Å². The third-order valence-electron chi connectivity index (χ3n) is 6.89. The molecule has 2 heterocycles. The standard InChI is InChI=1S/C22H25FN2O4/c1-29-21-18(12-7-11-3-2-6-24-17(11)8-12)16(23)9-14-19(21)25(13-4-5-13)10-15(20(14)26)22(27)28/h9-13,17,24H,2-8H2,1H3,(H,27,28)/t11-,12?,17+/m0/s1. The van der Waals surface area contributed by atoms with Gasteiger partial charge in [-0.25, -0.2) is 9.18 Å². The van der Waals surface area contributed by atoms with E-state index in [9.17, 15) is 14.7 Å². The van der Waals surface area contributed by atoms with Crippen LogP contribution in [0.2, 0.25) is 0 Å². The van der Waals surface area contributed by atoms with Gasteiger partial charge in [-0.1, -0.05) is 0 Å². The van der Waals surface area contributed by atoms with Crippen LogP contribution in [0, 0.1) is 11.7 Å². The van der Waals surface area contributed by atoms with Crippen LogP contribution < -0.4 is 15.5 Å². The average Bonchev–Trinajstić information content (AvgIpc) is 3.45. The van der Waals surface area contributed by atoms with Crippen LogP contribution in [0.1, 0.15) is 66.4 Å². The van der Waals surface area contributed by atoms with E-state index in [0.717, 1.165) is 45.1 Å². The van der Waals surface area contributed by atoms with Gasteiger partial charge in [0.1, 0.15) is 17.1 Å². The number of aromatic nitrogens is 1. The minimum absolute atomic E-state index is 0.0249. The molecule has 2 aromatic rings. The number of carbonyl (C=O) groups is 1. The number of nitrogens with zero attached hydrogens (tertiary/aromatic N) is 1. The molecule has 3 fully saturated rings. The predicted molar refractivity (Wildman–Crippen MR) is 106 cm³/mol. The first kappa shape index (κ1) is 18.6. The maximum Gasteiger partial charge on any atom is 0.341 e. The molecule has 29 heavy (non-hydrogen) atoms. The molecule has 154 valence electrons. The van der Waals surface area contributed by atoms with Crippen molar-refractivity contribution < 1.29 is 19.0 Å². The van der Waals surface area contributed by atoms with E-state index in [1.165, 1.54) is 19.4 Å². The van der Waals surface area contributed by atoms with Crippen molar-refractivity contribution in [1.82, 2.24) is 9.88 Å². The first-order valence-corrected chi connectivity index (χ1v) is 10.4. The number of pyridine rings is 1. The number of benzene rings is 1. The summed E-state index contributed by atoms with van der Waals surface area (Å²) in [7, 11) is 1.50. The zero-order valence-corrected chi connectivity index (χ0v) is 16.4. The number of hydrogen-bond acceptors (Lipinski definition) is 4. The van der Waals surface area contributed by atoms with E-state index in [-0.39, 0.29) is 22.9 Å². The topological polar surface area (TPSA) is 80.6 Å². The molecule has 1 aliphatic heterocycles. The molecule has 1 unspecified atom stereocenters. The second-order valence-corrected chi connectivity index (χ2v) is 8.65. The molecule has 2 saturated carbocycles. The van der Waals surface area contributed by atoms with Crippen LogP contribution in [0.5, 0.6) is 5.75 Å². The second kappa shape index (κ2) is 6.83. The van der Waals surface area contributed by atoms with Crippen molar-refractivity contribution in [3.63, 3.8) is 0 Å². The second-order valence-electron chi connectivity index (χ2n) is 8.65. The van der Waals surface area contributed by atoms with Crippen molar-refractivity contribution >= 4 is 16.9 Å². The number of ether oxygens (including phenoxy) is 1. The molecule has 0 amide bonds. The van der Waals surface area contributed by atoms with Crippen molar-refractivity contribution in [2.45, 2.75) is 56.5 Å².